The van der Waals surface area contributed by atoms with Crippen molar-refractivity contribution in [1.29, 1.82) is 0 Å². The maximum absolute atomic E-state index is 13.3. The molecule has 0 aromatic carbocycles. The van der Waals surface area contributed by atoms with Crippen molar-refractivity contribution in [2.75, 3.05) is 20.3 Å². The van der Waals surface area contributed by atoms with Crippen molar-refractivity contribution in [2.24, 2.45) is 0 Å². The summed E-state index contributed by atoms with van der Waals surface area (Å²) in [5.74, 6) is 0. The zero-order chi connectivity index (χ0) is 12.4. The number of ether oxygens (including phenoxy) is 2. The number of unbranched alkanes of at least 4 members (excludes halogenated alkanes) is 2. The van der Waals surface area contributed by atoms with Gasteiger partial charge in [-0.2, -0.15) is 8.78 Å². The van der Waals surface area contributed by atoms with Gasteiger partial charge >= 0.3 is 0 Å². The molecule has 3 nitrogen and oxygen atoms in total. The zero-order valence-electron chi connectivity index (χ0n) is 10.4. The number of hydrogen-bond donors (Lipinski definition) is 0. The Morgan fingerprint density at radius 2 is 1.31 bits per heavy atom. The van der Waals surface area contributed by atoms with Gasteiger partial charge in [-0.25, -0.2) is 4.90 Å². The lowest BCUT2D eigenvalue weighted by molar-refractivity contribution is -0.235. The Morgan fingerprint density at radius 3 is 1.62 bits per heavy atom. The van der Waals surface area contributed by atoms with Crippen molar-refractivity contribution in [3.63, 3.8) is 0 Å². The molecular weight excluding hydrogens is 216 g/mol. The van der Waals surface area contributed by atoms with E-state index < -0.39 is 13.0 Å². The Labute approximate surface area is 96.7 Å². The summed E-state index contributed by atoms with van der Waals surface area (Å²) < 4.78 is 36.1. The van der Waals surface area contributed by atoms with E-state index in [2.05, 4.69) is 0 Å². The maximum Gasteiger partial charge on any atom is 0.261 e. The van der Waals surface area contributed by atoms with E-state index in [0.717, 1.165) is 30.6 Å². The van der Waals surface area contributed by atoms with Crippen molar-refractivity contribution in [2.45, 2.75) is 52.5 Å². The summed E-state index contributed by atoms with van der Waals surface area (Å²) in [6.07, 6.45) is 3.37. The van der Waals surface area contributed by atoms with E-state index in [1.807, 2.05) is 13.8 Å². The SMILES string of the molecule is CCCCOC(F)N(C)C(F)OCCCC. The smallest absolute Gasteiger partial charge is 0.261 e. The first-order valence-corrected chi connectivity index (χ1v) is 5.86. The minimum atomic E-state index is -1.75. The van der Waals surface area contributed by atoms with E-state index >= 15 is 0 Å². The molecule has 0 aliphatic rings. The highest BCUT2D eigenvalue weighted by molar-refractivity contribution is 4.46. The molecule has 0 heterocycles. The average molecular weight is 239 g/mol. The molecule has 0 saturated heterocycles. The van der Waals surface area contributed by atoms with Gasteiger partial charge < -0.3 is 9.47 Å². The first-order chi connectivity index (χ1) is 7.63. The lowest BCUT2D eigenvalue weighted by atomic mass is 10.4. The van der Waals surface area contributed by atoms with E-state index in [1.165, 1.54) is 7.05 Å². The first kappa shape index (κ1) is 15.7. The van der Waals surface area contributed by atoms with Gasteiger partial charge in [0, 0.05) is 0 Å². The Balaban J connectivity index is 3.68. The molecular formula is C11H23F2NO2. The third kappa shape index (κ3) is 7.09. The Bertz CT molecular complexity index is 145. The molecule has 16 heavy (non-hydrogen) atoms. The van der Waals surface area contributed by atoms with E-state index in [1.54, 1.807) is 0 Å². The third-order valence-corrected chi connectivity index (χ3v) is 2.15. The van der Waals surface area contributed by atoms with Crippen LogP contribution in [0.3, 0.4) is 0 Å². The molecule has 0 rings (SSSR count). The summed E-state index contributed by atoms with van der Waals surface area (Å²) in [6, 6.07) is 0. The van der Waals surface area contributed by atoms with Gasteiger partial charge in [0.1, 0.15) is 0 Å². The third-order valence-electron chi connectivity index (χ3n) is 2.15. The van der Waals surface area contributed by atoms with Crippen molar-refractivity contribution in [1.82, 2.24) is 4.90 Å². The molecule has 2 atom stereocenters. The zero-order valence-corrected chi connectivity index (χ0v) is 10.4. The number of nitrogens with zero attached hydrogens (tertiary/aromatic N) is 1. The van der Waals surface area contributed by atoms with Gasteiger partial charge in [-0.3, -0.25) is 0 Å². The van der Waals surface area contributed by atoms with Gasteiger partial charge in [0.05, 0.1) is 13.2 Å². The fraction of sp³-hybridized carbons (Fsp3) is 1.00. The monoisotopic (exact) mass is 239 g/mol. The standard InChI is InChI=1S/C11H23F2NO2/c1-4-6-8-15-10(12)14(3)11(13)16-9-7-5-2/h10-11H,4-9H2,1-3H3. The summed E-state index contributed by atoms with van der Waals surface area (Å²) in [5.41, 5.74) is 0. The Hall–Kier alpha value is -0.260. The summed E-state index contributed by atoms with van der Waals surface area (Å²) >= 11 is 0. The quantitative estimate of drug-likeness (QED) is 0.332. The van der Waals surface area contributed by atoms with Crippen LogP contribution < -0.4 is 0 Å². The largest absolute Gasteiger partial charge is 0.336 e. The van der Waals surface area contributed by atoms with Crippen LogP contribution in [-0.4, -0.2) is 38.1 Å². The highest BCUT2D eigenvalue weighted by Crippen LogP contribution is 2.10. The molecule has 0 saturated carbocycles. The van der Waals surface area contributed by atoms with Crippen LogP contribution in [-0.2, 0) is 9.47 Å². The molecule has 0 aromatic rings. The average Bonchev–Trinajstić information content (AvgIpc) is 2.28. The minimum absolute atomic E-state index is 0.295. The molecule has 0 spiro atoms. The van der Waals surface area contributed by atoms with Crippen LogP contribution in [0.2, 0.25) is 0 Å². The summed E-state index contributed by atoms with van der Waals surface area (Å²) in [7, 11) is 1.30. The molecule has 5 heteroatoms. The normalized spacial score (nSPS) is 15.4. The maximum atomic E-state index is 13.3. The van der Waals surface area contributed by atoms with Crippen LogP contribution in [0.4, 0.5) is 8.78 Å². The van der Waals surface area contributed by atoms with Gasteiger partial charge in [-0.05, 0) is 19.9 Å². The van der Waals surface area contributed by atoms with Gasteiger partial charge in [-0.15, -0.1) is 0 Å². The fourth-order valence-corrected chi connectivity index (χ4v) is 0.977. The Kier molecular flexibility index (Phi) is 9.77. The number of halogens is 2. The molecule has 0 N–H and O–H groups in total. The summed E-state index contributed by atoms with van der Waals surface area (Å²) in [4.78, 5) is 0.797. The van der Waals surface area contributed by atoms with Gasteiger partial charge in [0.15, 0.2) is 0 Å². The van der Waals surface area contributed by atoms with Crippen LogP contribution in [0.1, 0.15) is 39.5 Å². The second kappa shape index (κ2) is 9.93. The van der Waals surface area contributed by atoms with Crippen molar-refractivity contribution in [3.05, 3.63) is 0 Å². The highest BCUT2D eigenvalue weighted by Gasteiger charge is 2.22. The van der Waals surface area contributed by atoms with Crippen molar-refractivity contribution < 1.29 is 18.3 Å². The predicted octanol–water partition coefficient (Wildman–Crippen LogP) is 3.06. The Morgan fingerprint density at radius 1 is 0.938 bits per heavy atom. The number of hydrogen-bond acceptors (Lipinski definition) is 3. The van der Waals surface area contributed by atoms with Crippen molar-refractivity contribution in [3.8, 4) is 0 Å². The topological polar surface area (TPSA) is 21.7 Å². The van der Waals surface area contributed by atoms with Crippen molar-refractivity contribution >= 4 is 0 Å². The number of alkyl halides is 2. The van der Waals surface area contributed by atoms with Crippen LogP contribution in [0.15, 0.2) is 0 Å². The highest BCUT2D eigenvalue weighted by atomic mass is 19.2. The van der Waals surface area contributed by atoms with Crippen LogP contribution in [0.25, 0.3) is 0 Å². The van der Waals surface area contributed by atoms with Crippen LogP contribution in [0, 0.1) is 0 Å². The molecule has 0 amide bonds. The summed E-state index contributed by atoms with van der Waals surface area (Å²) in [6.45, 7) is 1.05. The van der Waals surface area contributed by atoms with E-state index in [9.17, 15) is 8.78 Å². The summed E-state index contributed by atoms with van der Waals surface area (Å²) in [5, 5.41) is 0. The van der Waals surface area contributed by atoms with E-state index in [-0.39, 0.29) is 0 Å². The molecule has 0 aromatic heterocycles. The lowest BCUT2D eigenvalue weighted by Gasteiger charge is -2.24. The molecule has 0 fully saturated rings. The predicted molar refractivity (Wildman–Crippen MR) is 59.3 cm³/mol. The minimum Gasteiger partial charge on any atom is -0.336 e. The molecule has 0 radical (unpaired) electrons. The molecule has 0 aliphatic heterocycles. The van der Waals surface area contributed by atoms with Gasteiger partial charge in [0.2, 0.25) is 0 Å². The van der Waals surface area contributed by atoms with Crippen LogP contribution in [0.5, 0.6) is 0 Å². The first-order valence-electron chi connectivity index (χ1n) is 5.86. The second-order valence-corrected chi connectivity index (χ2v) is 3.70. The van der Waals surface area contributed by atoms with E-state index in [0.29, 0.717) is 13.2 Å². The van der Waals surface area contributed by atoms with Crippen LogP contribution >= 0.6 is 0 Å². The lowest BCUT2D eigenvalue weighted by Crippen LogP contribution is -2.38. The molecule has 0 bridgehead atoms. The second-order valence-electron chi connectivity index (χ2n) is 3.70. The molecule has 98 valence electrons. The van der Waals surface area contributed by atoms with E-state index in [4.69, 9.17) is 9.47 Å². The van der Waals surface area contributed by atoms with Gasteiger partial charge in [0.25, 0.3) is 13.0 Å². The fourth-order valence-electron chi connectivity index (χ4n) is 0.977. The number of rotatable bonds is 10. The molecule has 0 aliphatic carbocycles. The van der Waals surface area contributed by atoms with Gasteiger partial charge in [-0.1, -0.05) is 26.7 Å². The molecule has 2 unspecified atom stereocenters.